The highest BCUT2D eigenvalue weighted by Gasteiger charge is 2.53. The van der Waals surface area contributed by atoms with Crippen molar-refractivity contribution >= 4 is 55.7 Å². The van der Waals surface area contributed by atoms with Crippen molar-refractivity contribution in [1.29, 1.82) is 0 Å². The molecule has 1 heterocycles. The Kier molecular flexibility index (Phi) is 14.2. The molecule has 0 aliphatic carbocycles. The van der Waals surface area contributed by atoms with Crippen LogP contribution < -0.4 is 15.6 Å². The van der Waals surface area contributed by atoms with Gasteiger partial charge in [0.15, 0.2) is 8.32 Å². The first-order valence-electron chi connectivity index (χ1n) is 18.5. The van der Waals surface area contributed by atoms with E-state index >= 15 is 0 Å². The van der Waals surface area contributed by atoms with Crippen molar-refractivity contribution in [3.63, 3.8) is 0 Å². The summed E-state index contributed by atoms with van der Waals surface area (Å²) >= 11 is 4.28. The van der Waals surface area contributed by atoms with Crippen LogP contribution in [0.25, 0.3) is 0 Å². The van der Waals surface area contributed by atoms with Crippen molar-refractivity contribution in [2.24, 2.45) is 17.3 Å². The zero-order valence-electron chi connectivity index (χ0n) is 32.1. The van der Waals surface area contributed by atoms with E-state index in [1.165, 1.54) is 39.1 Å². The fraction of sp³-hybridized carbons (Fsp3) is 0.535. The Morgan fingerprint density at radius 1 is 0.776 bits per heavy atom. The van der Waals surface area contributed by atoms with Crippen LogP contribution in [-0.2, 0) is 8.85 Å². The predicted octanol–water partition coefficient (Wildman–Crippen LogP) is 10.7. The van der Waals surface area contributed by atoms with Gasteiger partial charge in [0.25, 0.3) is 8.32 Å². The number of hydrogen-bond acceptors (Lipinski definition) is 4. The molecular weight excluding hydrogens is 669 g/mol. The molecule has 0 saturated carbocycles. The number of hydrogen-bond donors (Lipinski definition) is 0. The lowest BCUT2D eigenvalue weighted by atomic mass is 9.76. The monoisotopic (exact) mass is 732 g/mol. The first-order valence-corrected chi connectivity index (χ1v) is 25.4. The van der Waals surface area contributed by atoms with Gasteiger partial charge in [0.2, 0.25) is 0 Å². The zero-order chi connectivity index (χ0) is 35.9. The van der Waals surface area contributed by atoms with Gasteiger partial charge in [-0.3, -0.25) is 0 Å². The highest BCUT2D eigenvalue weighted by molar-refractivity contribution is 8.17. The van der Waals surface area contributed by atoms with Gasteiger partial charge in [-0.25, -0.2) is 0 Å². The third-order valence-electron chi connectivity index (χ3n) is 11.1. The van der Waals surface area contributed by atoms with Gasteiger partial charge in [0.1, 0.15) is 0 Å². The Morgan fingerprint density at radius 3 is 1.63 bits per heavy atom. The average Bonchev–Trinajstić information content (AvgIpc) is 3.08. The van der Waals surface area contributed by atoms with Gasteiger partial charge in [0, 0.05) is 11.3 Å². The summed E-state index contributed by atoms with van der Waals surface area (Å²) in [7, 11) is -5.14. The lowest BCUT2D eigenvalue weighted by Gasteiger charge is -2.52. The predicted molar refractivity (Wildman–Crippen MR) is 225 cm³/mol. The minimum atomic E-state index is -3.01. The second kappa shape index (κ2) is 17.3. The quantitative estimate of drug-likeness (QED) is 0.0829. The van der Waals surface area contributed by atoms with Crippen LogP contribution in [0, 0.1) is 17.3 Å². The summed E-state index contributed by atoms with van der Waals surface area (Å²) in [5.41, 5.74) is 1.14. The molecule has 268 valence electrons. The summed E-state index contributed by atoms with van der Waals surface area (Å²) in [5, 5.41) is 3.99. The third-order valence-corrected chi connectivity index (χ3v) is 23.3. The van der Waals surface area contributed by atoms with E-state index in [0.29, 0.717) is 10.5 Å². The highest BCUT2D eigenvalue weighted by atomic mass is 32.2. The van der Waals surface area contributed by atoms with Crippen LogP contribution in [0.3, 0.4) is 0 Å². The molecule has 1 aliphatic rings. The number of rotatable bonds is 16. The number of thioether (sulfide) groups is 2. The van der Waals surface area contributed by atoms with Crippen LogP contribution in [0.1, 0.15) is 81.1 Å². The molecule has 6 heteroatoms. The van der Waals surface area contributed by atoms with E-state index < -0.39 is 16.6 Å². The fourth-order valence-electron chi connectivity index (χ4n) is 7.22. The van der Waals surface area contributed by atoms with Crippen molar-refractivity contribution in [2.75, 3.05) is 11.5 Å². The Balaban J connectivity index is 1.95. The molecule has 0 aromatic heterocycles. The van der Waals surface area contributed by atoms with E-state index in [1.54, 1.807) is 0 Å². The van der Waals surface area contributed by atoms with Crippen molar-refractivity contribution in [3.05, 3.63) is 103 Å². The zero-order valence-corrected chi connectivity index (χ0v) is 35.8. The number of benzene rings is 3. The Morgan fingerprint density at radius 2 is 1.22 bits per heavy atom. The molecule has 0 N–H and O–H groups in total. The minimum absolute atomic E-state index is 0.0544. The van der Waals surface area contributed by atoms with Gasteiger partial charge < -0.3 is 8.85 Å². The van der Waals surface area contributed by atoms with Crippen LogP contribution in [0.15, 0.2) is 103 Å². The molecule has 49 heavy (non-hydrogen) atoms. The van der Waals surface area contributed by atoms with E-state index in [4.69, 9.17) is 8.85 Å². The van der Waals surface area contributed by atoms with Gasteiger partial charge in [-0.05, 0) is 83.7 Å². The van der Waals surface area contributed by atoms with Crippen molar-refractivity contribution in [2.45, 2.75) is 116 Å². The van der Waals surface area contributed by atoms with E-state index in [-0.39, 0.29) is 28.6 Å². The lowest BCUT2D eigenvalue weighted by Crippen LogP contribution is -2.72. The molecule has 0 unspecified atom stereocenters. The van der Waals surface area contributed by atoms with E-state index in [1.807, 2.05) is 0 Å². The van der Waals surface area contributed by atoms with Gasteiger partial charge in [-0.2, -0.15) is 0 Å². The van der Waals surface area contributed by atoms with Crippen molar-refractivity contribution in [1.82, 2.24) is 0 Å². The maximum absolute atomic E-state index is 8.28. The molecule has 3 aromatic rings. The molecule has 1 saturated heterocycles. The molecule has 4 rings (SSSR count). The van der Waals surface area contributed by atoms with Gasteiger partial charge in [-0.15, -0.1) is 30.1 Å². The highest BCUT2D eigenvalue weighted by Crippen LogP contribution is 2.50. The molecule has 0 spiro atoms. The second-order valence-corrected chi connectivity index (χ2v) is 27.4. The molecule has 0 amide bonds. The van der Waals surface area contributed by atoms with E-state index in [9.17, 15) is 0 Å². The standard InChI is InChI=1S/C43H64O2S2Si2/c1-33(2)23-21-24-34(3)39(44-48(10,11)42(5,6)7)35(4)40(43(8,9)41-46-31-22-32-47-41)45-49(36-25-15-12-16-26-36,37-27-17-13-18-28-37)38-29-19-14-20-30-38/h12-20,25-30,34-35,39-41H,1,21-24,31-32H2,2-11H3/t34-,35+,39-,40+/m0/s1. The van der Waals surface area contributed by atoms with Gasteiger partial charge >= 0.3 is 0 Å². The first kappa shape index (κ1) is 40.2. The molecule has 4 atom stereocenters. The first-order chi connectivity index (χ1) is 23.1. The topological polar surface area (TPSA) is 18.5 Å². The smallest absolute Gasteiger partial charge is 0.288 e. The van der Waals surface area contributed by atoms with E-state index in [2.05, 4.69) is 190 Å². The third kappa shape index (κ3) is 9.67. The summed E-state index contributed by atoms with van der Waals surface area (Å²) < 4.78 is 16.3. The summed E-state index contributed by atoms with van der Waals surface area (Å²) in [6.45, 7) is 28.3. The van der Waals surface area contributed by atoms with Crippen molar-refractivity contribution in [3.8, 4) is 0 Å². The Labute approximate surface area is 310 Å². The molecule has 0 bridgehead atoms. The van der Waals surface area contributed by atoms with Crippen LogP contribution >= 0.6 is 23.5 Å². The Hall–Kier alpha value is -1.55. The van der Waals surface area contributed by atoms with Gasteiger partial charge in [0.05, 0.1) is 16.8 Å². The largest absolute Gasteiger partial charge is 0.413 e. The molecule has 0 radical (unpaired) electrons. The average molecular weight is 733 g/mol. The Bertz CT molecular complexity index is 1340. The van der Waals surface area contributed by atoms with Crippen LogP contribution in [0.2, 0.25) is 18.1 Å². The van der Waals surface area contributed by atoms with Crippen LogP contribution in [0.4, 0.5) is 0 Å². The SMILES string of the molecule is C=C(C)CCC[C@H](C)[C@H](O[Si](C)(C)C(C)(C)C)[C@@H](C)[C@@H](O[Si](c1ccccc1)(c1ccccc1)c1ccccc1)C(C)(C)C1SCCCS1. The second-order valence-electron chi connectivity index (χ2n) is 16.6. The summed E-state index contributed by atoms with van der Waals surface area (Å²) in [4.78, 5) is 0. The minimum Gasteiger partial charge on any atom is -0.413 e. The fourth-order valence-corrected chi connectivity index (χ4v) is 16.3. The summed E-state index contributed by atoms with van der Waals surface area (Å²) in [6, 6.07) is 33.4. The maximum Gasteiger partial charge on any atom is 0.288 e. The normalized spacial score (nSPS) is 17.7. The molecule has 3 aromatic carbocycles. The molecule has 2 nitrogen and oxygen atoms in total. The van der Waals surface area contributed by atoms with Crippen molar-refractivity contribution < 1.29 is 8.85 Å². The molecule has 1 fully saturated rings. The number of allylic oxidation sites excluding steroid dienone is 1. The summed E-state index contributed by atoms with van der Waals surface area (Å²) in [6.07, 6.45) is 4.62. The van der Waals surface area contributed by atoms with Gasteiger partial charge in [-0.1, -0.05) is 145 Å². The molecular formula is C43H64O2S2Si2. The molecule has 1 aliphatic heterocycles. The summed E-state index contributed by atoms with van der Waals surface area (Å²) in [5.74, 6) is 2.97. The van der Waals surface area contributed by atoms with E-state index in [0.717, 1.165) is 19.3 Å². The van der Waals surface area contributed by atoms with Crippen LogP contribution in [0.5, 0.6) is 0 Å². The lowest BCUT2D eigenvalue weighted by molar-refractivity contribution is -0.0372. The van der Waals surface area contributed by atoms with Crippen LogP contribution in [-0.4, -0.2) is 44.9 Å². The maximum atomic E-state index is 8.28.